The van der Waals surface area contributed by atoms with Crippen LogP contribution in [0, 0.1) is 13.8 Å². The van der Waals surface area contributed by atoms with Gasteiger partial charge in [-0.05, 0) is 55.7 Å². The van der Waals surface area contributed by atoms with Gasteiger partial charge in [-0.3, -0.25) is 14.3 Å². The topological polar surface area (TPSA) is 104 Å². The molecule has 2 aromatic carbocycles. The molecule has 1 amide bonds. The van der Waals surface area contributed by atoms with Crippen LogP contribution in [0.25, 0.3) is 5.69 Å². The van der Waals surface area contributed by atoms with Crippen LogP contribution >= 0.6 is 0 Å². The highest BCUT2D eigenvalue weighted by molar-refractivity contribution is 5.94. The van der Waals surface area contributed by atoms with Gasteiger partial charge in [-0.25, -0.2) is 9.67 Å². The number of nitrogens with one attached hydrogen (secondary N) is 1. The second kappa shape index (κ2) is 10.8. The average molecular weight is 473 g/mol. The maximum absolute atomic E-state index is 13.1. The van der Waals surface area contributed by atoms with Crippen molar-refractivity contribution in [2.24, 2.45) is 0 Å². The third-order valence-corrected chi connectivity index (χ3v) is 5.97. The highest BCUT2D eigenvalue weighted by Crippen LogP contribution is 2.21. The number of hydrogen-bond acceptors (Lipinski definition) is 6. The summed E-state index contributed by atoms with van der Waals surface area (Å²) in [6.07, 6.45) is 3.98. The van der Waals surface area contributed by atoms with Crippen LogP contribution in [0.5, 0.6) is 0 Å². The van der Waals surface area contributed by atoms with Crippen LogP contribution < -0.4 is 5.32 Å². The van der Waals surface area contributed by atoms with Crippen molar-refractivity contribution in [2.75, 3.05) is 7.11 Å². The number of hydrogen-bond donors (Lipinski definition) is 1. The number of amides is 1. The van der Waals surface area contributed by atoms with Crippen molar-refractivity contribution in [3.05, 3.63) is 95.3 Å². The molecular weight excluding hydrogens is 444 g/mol. The largest absolute Gasteiger partial charge is 0.469 e. The molecule has 9 heteroatoms. The zero-order chi connectivity index (χ0) is 24.8. The van der Waals surface area contributed by atoms with E-state index in [4.69, 9.17) is 4.74 Å². The number of carbonyl (C=O) groups excluding carboxylic acids is 2. The Labute approximate surface area is 203 Å². The van der Waals surface area contributed by atoms with E-state index in [1.165, 1.54) is 13.4 Å². The van der Waals surface area contributed by atoms with Gasteiger partial charge in [-0.15, -0.1) is 0 Å². The van der Waals surface area contributed by atoms with Gasteiger partial charge in [-0.1, -0.05) is 30.3 Å². The van der Waals surface area contributed by atoms with Gasteiger partial charge in [0.1, 0.15) is 12.7 Å². The number of nitrogens with zero attached hydrogens (tertiary/aromatic N) is 5. The molecule has 4 rings (SSSR count). The molecule has 0 aliphatic heterocycles. The summed E-state index contributed by atoms with van der Waals surface area (Å²) < 4.78 is 8.28. The predicted octanol–water partition coefficient (Wildman–Crippen LogP) is 3.36. The van der Waals surface area contributed by atoms with Crippen LogP contribution in [-0.2, 0) is 22.5 Å². The summed E-state index contributed by atoms with van der Waals surface area (Å²) in [6, 6.07) is 16.8. The molecule has 0 radical (unpaired) electrons. The molecule has 4 aromatic rings. The first-order valence-corrected chi connectivity index (χ1v) is 11.4. The van der Waals surface area contributed by atoms with Crippen LogP contribution in [0.1, 0.15) is 45.3 Å². The van der Waals surface area contributed by atoms with Crippen molar-refractivity contribution in [3.8, 4) is 5.69 Å². The number of methoxy groups -OCH3 is 1. The first-order chi connectivity index (χ1) is 17.0. The number of esters is 1. The third kappa shape index (κ3) is 5.63. The van der Waals surface area contributed by atoms with Crippen LogP contribution in [0.3, 0.4) is 0 Å². The van der Waals surface area contributed by atoms with Crippen molar-refractivity contribution in [2.45, 2.75) is 39.3 Å². The fourth-order valence-electron chi connectivity index (χ4n) is 4.05. The lowest BCUT2D eigenvalue weighted by Gasteiger charge is -2.19. The van der Waals surface area contributed by atoms with Gasteiger partial charge < -0.3 is 10.1 Å². The van der Waals surface area contributed by atoms with E-state index in [-0.39, 0.29) is 17.9 Å². The molecule has 0 aliphatic carbocycles. The van der Waals surface area contributed by atoms with Crippen LogP contribution in [-0.4, -0.2) is 43.5 Å². The molecule has 0 fully saturated rings. The Morgan fingerprint density at radius 2 is 1.80 bits per heavy atom. The Morgan fingerprint density at radius 1 is 1.06 bits per heavy atom. The molecule has 1 unspecified atom stereocenters. The molecule has 1 atom stereocenters. The Morgan fingerprint density at radius 3 is 2.46 bits per heavy atom. The minimum absolute atomic E-state index is 0.183. The van der Waals surface area contributed by atoms with Gasteiger partial charge in [0.25, 0.3) is 5.91 Å². The third-order valence-electron chi connectivity index (χ3n) is 5.97. The Kier molecular flexibility index (Phi) is 7.35. The minimum atomic E-state index is -0.265. The predicted molar refractivity (Wildman–Crippen MR) is 130 cm³/mol. The van der Waals surface area contributed by atoms with Gasteiger partial charge in [0.05, 0.1) is 31.1 Å². The van der Waals surface area contributed by atoms with Crippen molar-refractivity contribution < 1.29 is 14.3 Å². The summed E-state index contributed by atoms with van der Waals surface area (Å²) in [6.45, 7) is 4.37. The van der Waals surface area contributed by atoms with E-state index in [9.17, 15) is 9.59 Å². The molecular formula is C26H28N6O3. The van der Waals surface area contributed by atoms with Crippen molar-refractivity contribution in [1.29, 1.82) is 0 Å². The quantitative estimate of drug-likeness (QED) is 0.375. The van der Waals surface area contributed by atoms with E-state index < -0.39 is 0 Å². The number of aromatic nitrogens is 5. The molecule has 0 aliphatic rings. The van der Waals surface area contributed by atoms with E-state index in [0.29, 0.717) is 24.9 Å². The van der Waals surface area contributed by atoms with Crippen LogP contribution in [0.15, 0.2) is 67.3 Å². The zero-order valence-electron chi connectivity index (χ0n) is 20.0. The molecule has 180 valence electrons. The molecule has 2 aromatic heterocycles. The van der Waals surface area contributed by atoms with Gasteiger partial charge >= 0.3 is 5.97 Å². The second-order valence-electron chi connectivity index (χ2n) is 8.24. The number of rotatable bonds is 9. The lowest BCUT2D eigenvalue weighted by atomic mass is 10.1. The first-order valence-electron chi connectivity index (χ1n) is 11.4. The number of aryl methyl sites for hydroxylation is 1. The molecule has 9 nitrogen and oxygen atoms in total. The highest BCUT2D eigenvalue weighted by atomic mass is 16.5. The first kappa shape index (κ1) is 23.9. The lowest BCUT2D eigenvalue weighted by molar-refractivity contribution is -0.140. The Balaban J connectivity index is 1.50. The summed E-state index contributed by atoms with van der Waals surface area (Å²) in [7, 11) is 1.39. The van der Waals surface area contributed by atoms with E-state index >= 15 is 0 Å². The lowest BCUT2D eigenvalue weighted by Crippen LogP contribution is -2.31. The minimum Gasteiger partial charge on any atom is -0.469 e. The van der Waals surface area contributed by atoms with E-state index in [0.717, 1.165) is 28.2 Å². The van der Waals surface area contributed by atoms with Crippen LogP contribution in [0.4, 0.5) is 0 Å². The van der Waals surface area contributed by atoms with Gasteiger partial charge in [-0.2, -0.15) is 10.2 Å². The normalized spacial score (nSPS) is 11.7. The Hall–Kier alpha value is -4.27. The van der Waals surface area contributed by atoms with E-state index in [2.05, 4.69) is 20.5 Å². The second-order valence-corrected chi connectivity index (χ2v) is 8.24. The summed E-state index contributed by atoms with van der Waals surface area (Å²) >= 11 is 0. The fraction of sp³-hybridized carbons (Fsp3) is 0.269. The molecule has 1 N–H and O–H groups in total. The number of ether oxygens (including phenoxy) is 1. The van der Waals surface area contributed by atoms with Gasteiger partial charge in [0.15, 0.2) is 0 Å². The average Bonchev–Trinajstić information content (AvgIpc) is 3.50. The van der Waals surface area contributed by atoms with Gasteiger partial charge in [0.2, 0.25) is 0 Å². The molecule has 0 bridgehead atoms. The SMILES string of the molecule is COC(=O)CCc1c(C)nn(-c2ccc(C(=O)NC(Cn3cncn3)c3ccccc3)cc2)c1C. The smallest absolute Gasteiger partial charge is 0.305 e. The molecule has 2 heterocycles. The zero-order valence-corrected chi connectivity index (χ0v) is 20.0. The standard InChI is InChI=1S/C26H28N6O3/c1-18-23(13-14-25(33)35-3)19(2)32(30-18)22-11-9-21(10-12-22)26(34)29-24(15-31-17-27-16-28-31)20-7-5-4-6-8-20/h4-12,16-17,24H,13-15H2,1-3H3,(H,29,34). The highest BCUT2D eigenvalue weighted by Gasteiger charge is 2.18. The number of carbonyl (C=O) groups is 2. The molecule has 0 saturated heterocycles. The van der Waals surface area contributed by atoms with Crippen LogP contribution in [0.2, 0.25) is 0 Å². The fourth-order valence-corrected chi connectivity index (χ4v) is 4.05. The monoisotopic (exact) mass is 472 g/mol. The van der Waals surface area contributed by atoms with Crippen molar-refractivity contribution in [1.82, 2.24) is 29.9 Å². The summed E-state index contributed by atoms with van der Waals surface area (Å²) in [5, 5.41) is 11.9. The maximum atomic E-state index is 13.1. The molecule has 0 spiro atoms. The van der Waals surface area contributed by atoms with E-state index in [1.807, 2.05) is 61.0 Å². The summed E-state index contributed by atoms with van der Waals surface area (Å²) in [5.74, 6) is -0.429. The number of benzene rings is 2. The maximum Gasteiger partial charge on any atom is 0.305 e. The molecule has 0 saturated carbocycles. The Bertz CT molecular complexity index is 1280. The summed E-state index contributed by atoms with van der Waals surface area (Å²) in [4.78, 5) is 28.6. The van der Waals surface area contributed by atoms with Gasteiger partial charge in [0, 0.05) is 17.7 Å². The van der Waals surface area contributed by atoms with Crippen molar-refractivity contribution >= 4 is 11.9 Å². The molecule has 35 heavy (non-hydrogen) atoms. The van der Waals surface area contributed by atoms with Crippen molar-refractivity contribution in [3.63, 3.8) is 0 Å². The summed E-state index contributed by atoms with van der Waals surface area (Å²) in [5.41, 5.74) is 5.22. The van der Waals surface area contributed by atoms with E-state index in [1.54, 1.807) is 23.1 Å².